The molecule has 2 aliphatic rings. The molecule has 12 nitrogen and oxygen atoms in total. The fourth-order valence-corrected chi connectivity index (χ4v) is 3.07. The summed E-state index contributed by atoms with van der Waals surface area (Å²) >= 11 is 0. The number of aliphatic hydroxyl groups is 2. The first-order valence-electron chi connectivity index (χ1n) is 6.84. The highest BCUT2D eigenvalue weighted by molar-refractivity contribution is 5.81. The van der Waals surface area contributed by atoms with Crippen LogP contribution in [0.25, 0.3) is 0 Å². The maximum absolute atomic E-state index is 10.5. The van der Waals surface area contributed by atoms with Crippen LogP contribution in [0, 0.1) is 10.2 Å². The molecule has 0 bridgehead atoms. The molecule has 1 saturated heterocycles. The zero-order chi connectivity index (χ0) is 17.6. The van der Waals surface area contributed by atoms with Crippen molar-refractivity contribution in [1.29, 1.82) is 0 Å². The summed E-state index contributed by atoms with van der Waals surface area (Å²) in [4.78, 5) is 11.3. The number of fused-ring (bicyclic) bond motifs is 1. The molecule has 134 valence electrons. The standard InChI is InChI=1S/C11H16ClN5O7/c1-16-4-17(10-6(16)9(13)14-3-15-10)11-8(19)7(18)5(24-11)2-23-12(20,21)22/h3,5,7-8,11,18-19H,2,4H2,1H3,(H2,13,14,15)/t5-,7-,8-,11-/m1/s1. The molecular formula is C11H16ClN5O7. The Bertz CT molecular complexity index is 617. The number of aromatic nitrogens is 2. The highest BCUT2D eigenvalue weighted by Crippen LogP contribution is 2.40. The van der Waals surface area contributed by atoms with Crippen molar-refractivity contribution in [3.05, 3.63) is 6.33 Å². The first-order valence-corrected chi connectivity index (χ1v) is 8.07. The maximum atomic E-state index is 10.5. The molecule has 1 aromatic heterocycles. The van der Waals surface area contributed by atoms with Gasteiger partial charge in [0, 0.05) is 7.05 Å². The molecule has 0 aromatic carbocycles. The SMILES string of the molecule is CN1CN([C@@H]2O[C@H](CO[Cl+3]([O-])([O-])[O-])[C@@H](O)[C@H]2O)c2ncnc(N)c21. The molecule has 13 heteroatoms. The van der Waals surface area contributed by atoms with Gasteiger partial charge in [0.05, 0.1) is 21.2 Å². The molecule has 4 atom stereocenters. The molecule has 1 fully saturated rings. The molecule has 3 heterocycles. The Morgan fingerprint density at radius 2 is 2.08 bits per heavy atom. The van der Waals surface area contributed by atoms with E-state index in [-0.39, 0.29) is 12.5 Å². The van der Waals surface area contributed by atoms with Gasteiger partial charge in [-0.15, -0.1) is 0 Å². The summed E-state index contributed by atoms with van der Waals surface area (Å²) in [6.45, 7) is -0.469. The van der Waals surface area contributed by atoms with Gasteiger partial charge in [-0.1, -0.05) is 0 Å². The minimum absolute atomic E-state index is 0.245. The van der Waals surface area contributed by atoms with E-state index in [0.29, 0.717) is 11.5 Å². The van der Waals surface area contributed by atoms with Crippen LogP contribution in [0.4, 0.5) is 17.3 Å². The van der Waals surface area contributed by atoms with Gasteiger partial charge in [0.15, 0.2) is 17.9 Å². The van der Waals surface area contributed by atoms with E-state index in [4.69, 9.17) is 10.5 Å². The average Bonchev–Trinajstić information content (AvgIpc) is 2.96. The number of hydrogen-bond donors (Lipinski definition) is 3. The van der Waals surface area contributed by atoms with Gasteiger partial charge in [-0.25, -0.2) is 9.97 Å². The van der Waals surface area contributed by atoms with Crippen LogP contribution < -0.4 is 29.5 Å². The Labute approximate surface area is 138 Å². The van der Waals surface area contributed by atoms with Crippen molar-refractivity contribution >= 4 is 17.3 Å². The second kappa shape index (κ2) is 6.09. The molecule has 0 spiro atoms. The van der Waals surface area contributed by atoms with Crippen molar-refractivity contribution in [1.82, 2.24) is 9.97 Å². The molecule has 1 aromatic rings. The summed E-state index contributed by atoms with van der Waals surface area (Å²) in [6, 6.07) is 0. The number of nitrogens with two attached hydrogens (primary N) is 1. The van der Waals surface area contributed by atoms with Gasteiger partial charge in [0.1, 0.15) is 30.3 Å². The van der Waals surface area contributed by atoms with Gasteiger partial charge in [0.25, 0.3) is 0 Å². The fourth-order valence-electron chi connectivity index (χ4n) is 2.79. The van der Waals surface area contributed by atoms with Gasteiger partial charge < -0.3 is 30.5 Å². The normalized spacial score (nSPS) is 30.1. The molecule has 0 radical (unpaired) electrons. The summed E-state index contributed by atoms with van der Waals surface area (Å²) < 4.78 is 41.1. The summed E-state index contributed by atoms with van der Waals surface area (Å²) in [5.74, 6) is 0.645. The molecule has 24 heavy (non-hydrogen) atoms. The van der Waals surface area contributed by atoms with Gasteiger partial charge in [-0.05, 0) is 0 Å². The van der Waals surface area contributed by atoms with E-state index in [1.54, 1.807) is 16.8 Å². The highest BCUT2D eigenvalue weighted by Gasteiger charge is 2.50. The van der Waals surface area contributed by atoms with Crippen molar-refractivity contribution in [2.75, 3.05) is 35.9 Å². The third-order valence-electron chi connectivity index (χ3n) is 3.85. The third kappa shape index (κ3) is 3.05. The van der Waals surface area contributed by atoms with E-state index in [9.17, 15) is 24.2 Å². The number of nitrogen functional groups attached to an aromatic ring is 1. The highest BCUT2D eigenvalue weighted by atomic mass is 35.7. The Balaban J connectivity index is 1.78. The molecule has 0 amide bonds. The molecule has 4 N–H and O–H groups in total. The van der Waals surface area contributed by atoms with E-state index in [1.807, 2.05) is 0 Å². The first kappa shape index (κ1) is 17.3. The van der Waals surface area contributed by atoms with E-state index in [2.05, 4.69) is 14.3 Å². The van der Waals surface area contributed by atoms with Crippen molar-refractivity contribution in [2.24, 2.45) is 0 Å². The number of aliphatic hydroxyl groups excluding tert-OH is 2. The zero-order valence-corrected chi connectivity index (χ0v) is 13.2. The van der Waals surface area contributed by atoms with Crippen molar-refractivity contribution in [3.8, 4) is 0 Å². The van der Waals surface area contributed by atoms with Crippen LogP contribution in [-0.4, -0.2) is 65.0 Å². The predicted octanol–water partition coefficient (Wildman–Crippen LogP) is -5.37. The van der Waals surface area contributed by atoms with Gasteiger partial charge in [-0.2, -0.15) is 14.0 Å². The quantitative estimate of drug-likeness (QED) is 0.460. The number of hydrogen-bond acceptors (Lipinski definition) is 12. The molecular weight excluding hydrogens is 350 g/mol. The lowest BCUT2D eigenvalue weighted by atomic mass is 10.1. The molecule has 2 aliphatic heterocycles. The lowest BCUT2D eigenvalue weighted by Crippen LogP contribution is -2.61. The number of anilines is 3. The van der Waals surface area contributed by atoms with Crippen LogP contribution in [-0.2, 0) is 9.03 Å². The Hall–Kier alpha value is -1.51. The summed E-state index contributed by atoms with van der Waals surface area (Å²) in [7, 11) is -2.92. The lowest BCUT2D eigenvalue weighted by molar-refractivity contribution is -1.92. The van der Waals surface area contributed by atoms with Crippen molar-refractivity contribution in [2.45, 2.75) is 24.5 Å². The maximum Gasteiger partial charge on any atom is 0.232 e. The Morgan fingerprint density at radius 1 is 1.38 bits per heavy atom. The topological polar surface area (TPSA) is 186 Å². The smallest absolute Gasteiger partial charge is 0.232 e. The summed E-state index contributed by atoms with van der Waals surface area (Å²) in [6.07, 6.45) is -3.80. The minimum atomic E-state index is -4.66. The molecule has 0 saturated carbocycles. The number of rotatable bonds is 4. The predicted molar refractivity (Wildman–Crippen MR) is 68.8 cm³/mol. The van der Waals surface area contributed by atoms with Crippen molar-refractivity contribution in [3.63, 3.8) is 0 Å². The van der Waals surface area contributed by atoms with Crippen LogP contribution in [0.3, 0.4) is 0 Å². The van der Waals surface area contributed by atoms with E-state index in [1.165, 1.54) is 6.33 Å². The fraction of sp³-hybridized carbons (Fsp3) is 0.636. The average molecular weight is 366 g/mol. The van der Waals surface area contributed by atoms with Crippen LogP contribution in [0.15, 0.2) is 6.33 Å². The van der Waals surface area contributed by atoms with Gasteiger partial charge in [-0.3, -0.25) is 0 Å². The van der Waals surface area contributed by atoms with E-state index in [0.717, 1.165) is 0 Å². The molecule has 3 rings (SSSR count). The van der Waals surface area contributed by atoms with Crippen molar-refractivity contribution < 1.29 is 43.5 Å². The third-order valence-corrected chi connectivity index (χ3v) is 4.25. The lowest BCUT2D eigenvalue weighted by Gasteiger charge is -2.27. The summed E-state index contributed by atoms with van der Waals surface area (Å²) in [5.41, 5.74) is 6.36. The molecule has 0 aliphatic carbocycles. The number of halogens is 1. The van der Waals surface area contributed by atoms with Crippen LogP contribution in [0.2, 0.25) is 0 Å². The van der Waals surface area contributed by atoms with Crippen LogP contribution >= 0.6 is 0 Å². The van der Waals surface area contributed by atoms with Crippen LogP contribution in [0.1, 0.15) is 0 Å². The van der Waals surface area contributed by atoms with Crippen LogP contribution in [0.5, 0.6) is 0 Å². The van der Waals surface area contributed by atoms with E-state index < -0.39 is 41.4 Å². The largest absolute Gasteiger partial charge is 0.387 e. The van der Waals surface area contributed by atoms with Gasteiger partial charge >= 0.3 is 0 Å². The number of nitrogens with zero attached hydrogens (tertiary/aromatic N) is 4. The minimum Gasteiger partial charge on any atom is -0.387 e. The summed E-state index contributed by atoms with van der Waals surface area (Å²) in [5, 5.41) is 20.2. The number of ether oxygens (including phenoxy) is 1. The Kier molecular flexibility index (Phi) is 4.39. The monoisotopic (exact) mass is 365 g/mol. The zero-order valence-electron chi connectivity index (χ0n) is 12.5. The van der Waals surface area contributed by atoms with Gasteiger partial charge in [0.2, 0.25) is 6.61 Å². The second-order valence-corrected chi connectivity index (χ2v) is 6.41. The second-order valence-electron chi connectivity index (χ2n) is 5.44. The van der Waals surface area contributed by atoms with E-state index >= 15 is 0 Å². The molecule has 0 unspecified atom stereocenters. The Morgan fingerprint density at radius 3 is 2.75 bits per heavy atom. The first-order chi connectivity index (χ1) is 11.2.